The fourth-order valence-corrected chi connectivity index (χ4v) is 4.63. The number of halogens is 1. The SMILES string of the molecule is O=C(CN1CCC(Cn2c(COc3ccccc3)nc3ccccc32)CC1)Nc1ccc(F)cc1. The Labute approximate surface area is 204 Å². The Morgan fingerprint density at radius 2 is 1.69 bits per heavy atom. The van der Waals surface area contributed by atoms with Crippen molar-refractivity contribution in [2.75, 3.05) is 25.0 Å². The quantitative estimate of drug-likeness (QED) is 0.387. The van der Waals surface area contributed by atoms with Crippen LogP contribution in [0.5, 0.6) is 5.75 Å². The molecule has 6 nitrogen and oxygen atoms in total. The van der Waals surface area contributed by atoms with Crippen LogP contribution in [0.3, 0.4) is 0 Å². The predicted octanol–water partition coefficient (Wildman–Crippen LogP) is 5.11. The molecule has 1 saturated heterocycles. The highest BCUT2D eigenvalue weighted by molar-refractivity contribution is 5.92. The van der Waals surface area contributed by atoms with Gasteiger partial charge < -0.3 is 14.6 Å². The van der Waals surface area contributed by atoms with Crippen LogP contribution in [0.25, 0.3) is 11.0 Å². The summed E-state index contributed by atoms with van der Waals surface area (Å²) in [4.78, 5) is 19.4. The Kier molecular flexibility index (Phi) is 7.04. The van der Waals surface area contributed by atoms with Gasteiger partial charge in [0.05, 0.1) is 17.6 Å². The van der Waals surface area contributed by atoms with E-state index in [4.69, 9.17) is 9.72 Å². The number of imidazole rings is 1. The average molecular weight is 473 g/mol. The van der Waals surface area contributed by atoms with E-state index in [1.807, 2.05) is 48.5 Å². The number of benzene rings is 3. The number of carbonyl (C=O) groups excluding carboxylic acids is 1. The maximum absolute atomic E-state index is 13.1. The van der Waals surface area contributed by atoms with E-state index in [9.17, 15) is 9.18 Å². The number of aromatic nitrogens is 2. The summed E-state index contributed by atoms with van der Waals surface area (Å²) >= 11 is 0. The molecule has 1 aliphatic heterocycles. The molecular formula is C28H29FN4O2. The number of anilines is 1. The smallest absolute Gasteiger partial charge is 0.238 e. The molecule has 3 aromatic carbocycles. The molecule has 7 heteroatoms. The van der Waals surface area contributed by atoms with E-state index in [0.717, 1.165) is 55.1 Å². The lowest BCUT2D eigenvalue weighted by Crippen LogP contribution is -2.40. The molecule has 180 valence electrons. The Morgan fingerprint density at radius 3 is 2.46 bits per heavy atom. The highest BCUT2D eigenvalue weighted by Gasteiger charge is 2.23. The van der Waals surface area contributed by atoms with Crippen LogP contribution in [0.4, 0.5) is 10.1 Å². The van der Waals surface area contributed by atoms with E-state index in [0.29, 0.717) is 24.8 Å². The maximum atomic E-state index is 13.1. The molecule has 1 N–H and O–H groups in total. The average Bonchev–Trinajstić information content (AvgIpc) is 3.23. The number of hydrogen-bond donors (Lipinski definition) is 1. The van der Waals surface area contributed by atoms with Gasteiger partial charge in [0.1, 0.15) is 24.0 Å². The molecule has 0 spiro atoms. The highest BCUT2D eigenvalue weighted by Crippen LogP contribution is 2.24. The van der Waals surface area contributed by atoms with Crippen molar-refractivity contribution in [3.63, 3.8) is 0 Å². The molecule has 0 unspecified atom stereocenters. The Hall–Kier alpha value is -3.71. The van der Waals surface area contributed by atoms with Gasteiger partial charge in [0.25, 0.3) is 0 Å². The largest absolute Gasteiger partial charge is 0.486 e. The molecule has 1 amide bonds. The number of nitrogens with zero attached hydrogens (tertiary/aromatic N) is 3. The first-order valence-electron chi connectivity index (χ1n) is 12.0. The number of para-hydroxylation sites is 3. The summed E-state index contributed by atoms with van der Waals surface area (Å²) in [5.41, 5.74) is 2.72. The van der Waals surface area contributed by atoms with E-state index in [1.54, 1.807) is 12.1 Å². The van der Waals surface area contributed by atoms with E-state index < -0.39 is 0 Å². The van der Waals surface area contributed by atoms with Gasteiger partial charge in [0, 0.05) is 12.2 Å². The third kappa shape index (κ3) is 5.87. The number of hydrogen-bond acceptors (Lipinski definition) is 4. The maximum Gasteiger partial charge on any atom is 0.238 e. The minimum atomic E-state index is -0.314. The lowest BCUT2D eigenvalue weighted by atomic mass is 9.96. The standard InChI is InChI=1S/C28H29FN4O2/c29-22-10-12-23(13-11-22)30-28(34)19-32-16-14-21(15-17-32)18-33-26-9-5-4-8-25(26)31-27(33)20-35-24-6-2-1-3-7-24/h1-13,21H,14-20H2,(H,30,34). The monoisotopic (exact) mass is 472 g/mol. The molecule has 5 rings (SSSR count). The van der Waals surface area contributed by atoms with Gasteiger partial charge in [-0.1, -0.05) is 30.3 Å². The second-order valence-electron chi connectivity index (χ2n) is 9.00. The van der Waals surface area contributed by atoms with Gasteiger partial charge in [0.2, 0.25) is 5.91 Å². The number of nitrogens with one attached hydrogen (secondary N) is 1. The van der Waals surface area contributed by atoms with Crippen LogP contribution in [0.15, 0.2) is 78.9 Å². The van der Waals surface area contributed by atoms with E-state index in [-0.39, 0.29) is 11.7 Å². The summed E-state index contributed by atoms with van der Waals surface area (Å²) < 4.78 is 21.4. The minimum Gasteiger partial charge on any atom is -0.486 e. The van der Waals surface area contributed by atoms with E-state index in [2.05, 4.69) is 20.9 Å². The van der Waals surface area contributed by atoms with Crippen molar-refractivity contribution < 1.29 is 13.9 Å². The van der Waals surface area contributed by atoms with Crippen molar-refractivity contribution >= 4 is 22.6 Å². The van der Waals surface area contributed by atoms with Crippen molar-refractivity contribution in [3.05, 3.63) is 90.5 Å². The first-order chi connectivity index (χ1) is 17.1. The number of likely N-dealkylation sites (tertiary alicyclic amines) is 1. The van der Waals surface area contributed by atoms with Crippen molar-refractivity contribution in [3.8, 4) is 5.75 Å². The van der Waals surface area contributed by atoms with Gasteiger partial charge in [-0.15, -0.1) is 0 Å². The summed E-state index contributed by atoms with van der Waals surface area (Å²) in [6, 6.07) is 23.9. The van der Waals surface area contributed by atoms with Crippen LogP contribution in [0.2, 0.25) is 0 Å². The van der Waals surface area contributed by atoms with Crippen molar-refractivity contribution in [1.82, 2.24) is 14.5 Å². The highest BCUT2D eigenvalue weighted by atomic mass is 19.1. The first-order valence-corrected chi connectivity index (χ1v) is 12.0. The number of carbonyl (C=O) groups is 1. The molecule has 35 heavy (non-hydrogen) atoms. The Balaban J connectivity index is 1.18. The van der Waals surface area contributed by atoms with Crippen molar-refractivity contribution in [1.29, 1.82) is 0 Å². The molecule has 2 heterocycles. The summed E-state index contributed by atoms with van der Waals surface area (Å²) in [7, 11) is 0. The molecular weight excluding hydrogens is 443 g/mol. The van der Waals surface area contributed by atoms with Crippen LogP contribution in [-0.4, -0.2) is 40.0 Å². The zero-order valence-electron chi connectivity index (χ0n) is 19.6. The van der Waals surface area contributed by atoms with Gasteiger partial charge in [-0.3, -0.25) is 9.69 Å². The van der Waals surface area contributed by atoms with Crippen LogP contribution in [-0.2, 0) is 17.9 Å². The molecule has 0 atom stereocenters. The molecule has 1 fully saturated rings. The molecule has 0 saturated carbocycles. The van der Waals surface area contributed by atoms with Crippen LogP contribution in [0, 0.1) is 11.7 Å². The number of amides is 1. The molecule has 0 radical (unpaired) electrons. The van der Waals surface area contributed by atoms with Crippen LogP contribution in [0.1, 0.15) is 18.7 Å². The number of rotatable bonds is 8. The summed E-state index contributed by atoms with van der Waals surface area (Å²) in [6.07, 6.45) is 2.02. The fourth-order valence-electron chi connectivity index (χ4n) is 4.63. The Bertz CT molecular complexity index is 1270. The lowest BCUT2D eigenvalue weighted by Gasteiger charge is -2.32. The zero-order valence-corrected chi connectivity index (χ0v) is 19.6. The number of piperidine rings is 1. The minimum absolute atomic E-state index is 0.0731. The van der Waals surface area contributed by atoms with Gasteiger partial charge in [-0.2, -0.15) is 0 Å². The van der Waals surface area contributed by atoms with Crippen molar-refractivity contribution in [2.45, 2.75) is 26.0 Å². The third-order valence-electron chi connectivity index (χ3n) is 6.49. The third-order valence-corrected chi connectivity index (χ3v) is 6.49. The predicted molar refractivity (Wildman–Crippen MR) is 135 cm³/mol. The zero-order chi connectivity index (χ0) is 24.0. The fraction of sp³-hybridized carbons (Fsp3) is 0.286. The Morgan fingerprint density at radius 1 is 0.971 bits per heavy atom. The summed E-state index contributed by atoms with van der Waals surface area (Å²) in [5.74, 6) is 1.87. The van der Waals surface area contributed by atoms with Gasteiger partial charge >= 0.3 is 0 Å². The van der Waals surface area contributed by atoms with Crippen LogP contribution < -0.4 is 10.1 Å². The summed E-state index contributed by atoms with van der Waals surface area (Å²) in [5, 5.41) is 2.85. The molecule has 4 aromatic rings. The first kappa shape index (κ1) is 23.1. The molecule has 1 aliphatic rings. The van der Waals surface area contributed by atoms with E-state index in [1.165, 1.54) is 12.1 Å². The van der Waals surface area contributed by atoms with Crippen LogP contribution >= 0.6 is 0 Å². The number of ether oxygens (including phenoxy) is 1. The van der Waals surface area contributed by atoms with Gasteiger partial charge in [0.15, 0.2) is 0 Å². The topological polar surface area (TPSA) is 59.4 Å². The molecule has 1 aromatic heterocycles. The number of fused-ring (bicyclic) bond motifs is 1. The lowest BCUT2D eigenvalue weighted by molar-refractivity contribution is -0.117. The molecule has 0 bridgehead atoms. The van der Waals surface area contributed by atoms with Crippen molar-refractivity contribution in [2.24, 2.45) is 5.92 Å². The van der Waals surface area contributed by atoms with Gasteiger partial charge in [-0.05, 0) is 80.4 Å². The second-order valence-corrected chi connectivity index (χ2v) is 9.00. The summed E-state index contributed by atoms with van der Waals surface area (Å²) in [6.45, 7) is 3.37. The normalized spacial score (nSPS) is 14.8. The van der Waals surface area contributed by atoms with E-state index >= 15 is 0 Å². The molecule has 0 aliphatic carbocycles. The van der Waals surface area contributed by atoms with Gasteiger partial charge in [-0.25, -0.2) is 9.37 Å². The second kappa shape index (κ2) is 10.7.